The van der Waals surface area contributed by atoms with Crippen LogP contribution < -0.4 is 5.32 Å². The largest absolute Gasteiger partial charge is 0.339 e. The molecule has 0 saturated heterocycles. The number of hydrogen-bond acceptors (Lipinski definition) is 4. The molecule has 21 heavy (non-hydrogen) atoms. The van der Waals surface area contributed by atoms with Crippen LogP contribution in [-0.2, 0) is 6.42 Å². The van der Waals surface area contributed by atoms with E-state index >= 15 is 0 Å². The molecule has 0 radical (unpaired) electrons. The first kappa shape index (κ1) is 15.9. The van der Waals surface area contributed by atoms with E-state index in [9.17, 15) is 4.39 Å². The van der Waals surface area contributed by atoms with Crippen molar-refractivity contribution in [2.45, 2.75) is 39.2 Å². The maximum atomic E-state index is 13.0. The van der Waals surface area contributed by atoms with Gasteiger partial charge in [-0.15, -0.1) is 0 Å². The van der Waals surface area contributed by atoms with E-state index in [1.54, 1.807) is 6.07 Å². The van der Waals surface area contributed by atoms with E-state index in [1.807, 2.05) is 0 Å². The maximum Gasteiger partial charge on any atom is 0.228 e. The molecule has 1 aromatic heterocycles. The van der Waals surface area contributed by atoms with Crippen molar-refractivity contribution in [3.63, 3.8) is 0 Å². The summed E-state index contributed by atoms with van der Waals surface area (Å²) in [5.74, 6) is 0.559. The molecule has 0 aliphatic heterocycles. The molecule has 0 aliphatic carbocycles. The Morgan fingerprint density at radius 1 is 1.38 bits per heavy atom. The summed E-state index contributed by atoms with van der Waals surface area (Å²) >= 11 is 6.00. The molecule has 0 aliphatic rings. The normalized spacial score (nSPS) is 12.6. The van der Waals surface area contributed by atoms with Crippen LogP contribution in [0.1, 0.15) is 32.6 Å². The van der Waals surface area contributed by atoms with Gasteiger partial charge in [0.05, 0.1) is 5.02 Å². The molecule has 1 aromatic carbocycles. The highest BCUT2D eigenvalue weighted by Crippen LogP contribution is 2.26. The van der Waals surface area contributed by atoms with Gasteiger partial charge in [-0.05, 0) is 37.6 Å². The molecule has 114 valence electrons. The predicted molar refractivity (Wildman–Crippen MR) is 80.8 cm³/mol. The standard InChI is InChI=1S/C15H19ClFN3O/c1-3-7-18-11(4-2)9-14-19-15(20-21-14)12-6-5-10(17)8-13(12)16/h5-6,8,11,18H,3-4,7,9H2,1-2H3. The lowest BCUT2D eigenvalue weighted by atomic mass is 10.1. The molecule has 6 heteroatoms. The van der Waals surface area contributed by atoms with Crippen molar-refractivity contribution < 1.29 is 8.91 Å². The number of aromatic nitrogens is 2. The number of nitrogens with zero attached hydrogens (tertiary/aromatic N) is 2. The number of nitrogens with one attached hydrogen (secondary N) is 1. The molecular weight excluding hydrogens is 293 g/mol. The second kappa shape index (κ2) is 7.52. The van der Waals surface area contributed by atoms with Crippen molar-refractivity contribution in [1.29, 1.82) is 0 Å². The van der Waals surface area contributed by atoms with Gasteiger partial charge in [-0.2, -0.15) is 4.98 Å². The molecule has 0 saturated carbocycles. The van der Waals surface area contributed by atoms with Crippen LogP contribution in [0, 0.1) is 5.82 Å². The average Bonchev–Trinajstić information content (AvgIpc) is 2.91. The molecule has 0 bridgehead atoms. The zero-order valence-corrected chi connectivity index (χ0v) is 13.0. The Morgan fingerprint density at radius 3 is 2.86 bits per heavy atom. The van der Waals surface area contributed by atoms with E-state index in [0.29, 0.717) is 29.7 Å². The van der Waals surface area contributed by atoms with Gasteiger partial charge in [-0.3, -0.25) is 0 Å². The Hall–Kier alpha value is -1.46. The first-order valence-electron chi connectivity index (χ1n) is 7.15. The zero-order valence-electron chi connectivity index (χ0n) is 12.2. The lowest BCUT2D eigenvalue weighted by Crippen LogP contribution is -2.31. The van der Waals surface area contributed by atoms with Crippen LogP contribution >= 0.6 is 11.6 Å². The molecule has 1 unspecified atom stereocenters. The van der Waals surface area contributed by atoms with E-state index in [2.05, 4.69) is 29.3 Å². The van der Waals surface area contributed by atoms with Crippen molar-refractivity contribution in [3.05, 3.63) is 34.9 Å². The van der Waals surface area contributed by atoms with Gasteiger partial charge in [0.2, 0.25) is 11.7 Å². The maximum absolute atomic E-state index is 13.0. The van der Waals surface area contributed by atoms with E-state index in [4.69, 9.17) is 16.1 Å². The van der Waals surface area contributed by atoms with E-state index in [1.165, 1.54) is 12.1 Å². The second-order valence-corrected chi connectivity index (χ2v) is 5.31. The van der Waals surface area contributed by atoms with E-state index in [-0.39, 0.29) is 10.8 Å². The van der Waals surface area contributed by atoms with Crippen LogP contribution in [0.25, 0.3) is 11.4 Å². The van der Waals surface area contributed by atoms with Gasteiger partial charge >= 0.3 is 0 Å². The van der Waals surface area contributed by atoms with Crippen molar-refractivity contribution in [2.75, 3.05) is 6.54 Å². The average molecular weight is 312 g/mol. The number of halogens is 2. The fourth-order valence-electron chi connectivity index (χ4n) is 2.04. The van der Waals surface area contributed by atoms with Crippen LogP contribution in [-0.4, -0.2) is 22.7 Å². The molecule has 1 atom stereocenters. The number of hydrogen-bond donors (Lipinski definition) is 1. The summed E-state index contributed by atoms with van der Waals surface area (Å²) in [5.41, 5.74) is 0.572. The van der Waals surface area contributed by atoms with Crippen molar-refractivity contribution in [2.24, 2.45) is 0 Å². The first-order chi connectivity index (χ1) is 10.1. The van der Waals surface area contributed by atoms with Gasteiger partial charge in [-0.25, -0.2) is 4.39 Å². The molecule has 2 aromatic rings. The Balaban J connectivity index is 2.10. The summed E-state index contributed by atoms with van der Waals surface area (Å²) in [6.07, 6.45) is 2.73. The molecule has 0 amide bonds. The van der Waals surface area contributed by atoms with Crippen LogP contribution in [0.15, 0.2) is 22.7 Å². The highest BCUT2D eigenvalue weighted by atomic mass is 35.5. The predicted octanol–water partition coefficient (Wildman–Crippen LogP) is 3.85. The van der Waals surface area contributed by atoms with Gasteiger partial charge in [-0.1, -0.05) is 30.6 Å². The van der Waals surface area contributed by atoms with Gasteiger partial charge in [0, 0.05) is 18.0 Å². The van der Waals surface area contributed by atoms with Gasteiger partial charge in [0.25, 0.3) is 0 Å². The highest BCUT2D eigenvalue weighted by molar-refractivity contribution is 6.33. The van der Waals surface area contributed by atoms with E-state index in [0.717, 1.165) is 19.4 Å². The molecule has 2 rings (SSSR count). The van der Waals surface area contributed by atoms with Gasteiger partial charge in [0.15, 0.2) is 0 Å². The highest BCUT2D eigenvalue weighted by Gasteiger charge is 2.15. The SMILES string of the molecule is CCCNC(CC)Cc1nc(-c2ccc(F)cc2Cl)no1. The summed E-state index contributed by atoms with van der Waals surface area (Å²) in [7, 11) is 0. The van der Waals surface area contributed by atoms with Crippen molar-refractivity contribution >= 4 is 11.6 Å². The number of benzene rings is 1. The third-order valence-corrected chi connectivity index (χ3v) is 3.55. The first-order valence-corrected chi connectivity index (χ1v) is 7.53. The zero-order chi connectivity index (χ0) is 15.2. The Labute approximate surface area is 128 Å². The number of rotatable bonds is 7. The summed E-state index contributed by atoms with van der Waals surface area (Å²) in [5, 5.41) is 7.63. The quantitative estimate of drug-likeness (QED) is 0.844. The van der Waals surface area contributed by atoms with Crippen molar-refractivity contribution in [1.82, 2.24) is 15.5 Å². The van der Waals surface area contributed by atoms with Crippen LogP contribution in [0.5, 0.6) is 0 Å². The minimum absolute atomic E-state index is 0.276. The third-order valence-electron chi connectivity index (χ3n) is 3.24. The summed E-state index contributed by atoms with van der Waals surface area (Å²) in [4.78, 5) is 4.34. The molecule has 1 N–H and O–H groups in total. The molecular formula is C15H19ClFN3O. The van der Waals surface area contributed by atoms with E-state index < -0.39 is 0 Å². The molecule has 0 fully saturated rings. The monoisotopic (exact) mass is 311 g/mol. The van der Waals surface area contributed by atoms with Gasteiger partial charge in [0.1, 0.15) is 5.82 Å². The minimum atomic E-state index is -0.387. The summed E-state index contributed by atoms with van der Waals surface area (Å²) in [6.45, 7) is 5.20. The van der Waals surface area contributed by atoms with Crippen LogP contribution in [0.3, 0.4) is 0 Å². The van der Waals surface area contributed by atoms with Gasteiger partial charge < -0.3 is 9.84 Å². The smallest absolute Gasteiger partial charge is 0.228 e. The molecule has 1 heterocycles. The molecule has 4 nitrogen and oxygen atoms in total. The Bertz CT molecular complexity index is 588. The Morgan fingerprint density at radius 2 is 2.19 bits per heavy atom. The lowest BCUT2D eigenvalue weighted by Gasteiger charge is -2.13. The topological polar surface area (TPSA) is 51.0 Å². The van der Waals surface area contributed by atoms with Crippen LogP contribution in [0.2, 0.25) is 5.02 Å². The Kier molecular flexibility index (Phi) is 5.70. The summed E-state index contributed by atoms with van der Waals surface area (Å²) in [6, 6.07) is 4.43. The van der Waals surface area contributed by atoms with Crippen molar-refractivity contribution in [3.8, 4) is 11.4 Å². The van der Waals surface area contributed by atoms with Crippen LogP contribution in [0.4, 0.5) is 4.39 Å². The molecule has 0 spiro atoms. The minimum Gasteiger partial charge on any atom is -0.339 e. The fraction of sp³-hybridized carbons (Fsp3) is 0.467. The fourth-order valence-corrected chi connectivity index (χ4v) is 2.29. The lowest BCUT2D eigenvalue weighted by molar-refractivity contribution is 0.354. The summed E-state index contributed by atoms with van der Waals surface area (Å²) < 4.78 is 18.3. The second-order valence-electron chi connectivity index (χ2n) is 4.90. The third kappa shape index (κ3) is 4.25.